The number of nitrogens with zero attached hydrogens (tertiary/aromatic N) is 3. The minimum Gasteiger partial charge on any atom is -0.357 e. The molecule has 1 N–H and O–H groups in total. The summed E-state index contributed by atoms with van der Waals surface area (Å²) in [7, 11) is 2.63. The van der Waals surface area contributed by atoms with Gasteiger partial charge in [0.15, 0.2) is 5.96 Å². The number of likely N-dealkylation sites (N-methyl/N-ethyl adjacent to an activating group) is 1. The number of rotatable bonds is 6. The molecule has 0 saturated carbocycles. The Morgan fingerprint density at radius 1 is 1.04 bits per heavy atom. The maximum atomic E-state index is 12.6. The minimum atomic E-state index is -4.50. The van der Waals surface area contributed by atoms with Crippen LogP contribution < -0.4 is 5.32 Å². The summed E-state index contributed by atoms with van der Waals surface area (Å²) in [6.07, 6.45) is -8.93. The van der Waals surface area contributed by atoms with Crippen LogP contribution in [0.3, 0.4) is 0 Å². The van der Waals surface area contributed by atoms with Crippen LogP contribution in [0.1, 0.15) is 18.1 Å². The summed E-state index contributed by atoms with van der Waals surface area (Å²) in [6, 6.07) is 4.57. The van der Waals surface area contributed by atoms with Gasteiger partial charge in [-0.05, 0) is 24.6 Å². The quantitative estimate of drug-likeness (QED) is 0.444. The van der Waals surface area contributed by atoms with E-state index in [0.717, 1.165) is 19.2 Å². The van der Waals surface area contributed by atoms with E-state index in [2.05, 4.69) is 10.3 Å². The number of carbonyl (C=O) groups excluding carboxylic acids is 1. The lowest BCUT2D eigenvalue weighted by Gasteiger charge is -2.23. The third kappa shape index (κ3) is 8.05. The second-order valence-electron chi connectivity index (χ2n) is 6.09. The van der Waals surface area contributed by atoms with E-state index in [0.29, 0.717) is 17.0 Å². The number of aliphatic imine (C=N–C) groups is 1. The Morgan fingerprint density at radius 2 is 1.61 bits per heavy atom. The number of benzene rings is 1. The van der Waals surface area contributed by atoms with Crippen molar-refractivity contribution in [2.75, 3.05) is 33.7 Å². The lowest BCUT2D eigenvalue weighted by atomic mass is 10.1. The standard InChI is InChI=1S/C17H22F6N4O/c1-4-24-15(25-9-14(28)27(3)11-16(18,19)20)26(2)10-12-5-7-13(8-6-12)17(21,22)23/h5-8H,4,9-11H2,1-3H3,(H,24,25). The molecule has 0 aliphatic rings. The van der Waals surface area contributed by atoms with Gasteiger partial charge >= 0.3 is 12.4 Å². The number of hydrogen-bond acceptors (Lipinski definition) is 2. The van der Waals surface area contributed by atoms with E-state index in [-0.39, 0.29) is 12.5 Å². The molecule has 1 rings (SSSR count). The van der Waals surface area contributed by atoms with E-state index in [1.807, 2.05) is 0 Å². The largest absolute Gasteiger partial charge is 0.416 e. The molecule has 0 unspecified atom stereocenters. The maximum absolute atomic E-state index is 12.6. The molecule has 0 aliphatic heterocycles. The van der Waals surface area contributed by atoms with Crippen molar-refractivity contribution in [3.8, 4) is 0 Å². The van der Waals surface area contributed by atoms with Gasteiger partial charge in [-0.1, -0.05) is 12.1 Å². The molecule has 1 amide bonds. The van der Waals surface area contributed by atoms with Crippen molar-refractivity contribution in [3.05, 3.63) is 35.4 Å². The summed E-state index contributed by atoms with van der Waals surface area (Å²) in [4.78, 5) is 17.9. The topological polar surface area (TPSA) is 47.9 Å². The molecule has 1 aromatic carbocycles. The molecule has 1 aromatic rings. The van der Waals surface area contributed by atoms with Crippen molar-refractivity contribution in [1.29, 1.82) is 0 Å². The first-order valence-electron chi connectivity index (χ1n) is 8.29. The highest BCUT2D eigenvalue weighted by Gasteiger charge is 2.31. The molecule has 0 aliphatic carbocycles. The Hall–Kier alpha value is -2.46. The van der Waals surface area contributed by atoms with Crippen LogP contribution in [0, 0.1) is 0 Å². The molecule has 28 heavy (non-hydrogen) atoms. The molecular formula is C17H22F6N4O. The number of amides is 1. The summed E-state index contributed by atoms with van der Waals surface area (Å²) in [5.74, 6) is -0.563. The van der Waals surface area contributed by atoms with Crippen molar-refractivity contribution < 1.29 is 31.1 Å². The highest BCUT2D eigenvalue weighted by molar-refractivity contribution is 5.84. The van der Waals surface area contributed by atoms with Gasteiger partial charge in [0.1, 0.15) is 13.1 Å². The smallest absolute Gasteiger partial charge is 0.357 e. The van der Waals surface area contributed by atoms with Crippen LogP contribution in [0.5, 0.6) is 0 Å². The zero-order valence-corrected chi connectivity index (χ0v) is 15.7. The third-order valence-corrected chi connectivity index (χ3v) is 3.60. The molecule has 0 heterocycles. The molecule has 0 radical (unpaired) electrons. The summed E-state index contributed by atoms with van der Waals surface area (Å²) in [5, 5.41) is 2.88. The van der Waals surface area contributed by atoms with Crippen molar-refractivity contribution in [2.45, 2.75) is 25.8 Å². The normalized spacial score (nSPS) is 12.7. The summed E-state index contributed by atoms with van der Waals surface area (Å²) in [6.45, 7) is 0.518. The molecule has 158 valence electrons. The number of alkyl halides is 6. The first-order chi connectivity index (χ1) is 12.8. The average Bonchev–Trinajstić information content (AvgIpc) is 2.56. The van der Waals surface area contributed by atoms with E-state index >= 15 is 0 Å². The van der Waals surface area contributed by atoms with Gasteiger partial charge in [0.25, 0.3) is 0 Å². The van der Waals surface area contributed by atoms with Crippen LogP contribution in [0.2, 0.25) is 0 Å². The van der Waals surface area contributed by atoms with Crippen LogP contribution >= 0.6 is 0 Å². The molecular weight excluding hydrogens is 390 g/mol. The molecule has 0 saturated heterocycles. The second-order valence-corrected chi connectivity index (χ2v) is 6.09. The number of hydrogen-bond donors (Lipinski definition) is 1. The Labute approximate surface area is 159 Å². The summed E-state index contributed by atoms with van der Waals surface area (Å²) in [5.41, 5.74) is -0.195. The predicted molar refractivity (Wildman–Crippen MR) is 92.6 cm³/mol. The van der Waals surface area contributed by atoms with Crippen molar-refractivity contribution in [1.82, 2.24) is 15.1 Å². The summed E-state index contributed by atoms with van der Waals surface area (Å²) >= 11 is 0. The van der Waals surface area contributed by atoms with Gasteiger partial charge in [-0.2, -0.15) is 26.3 Å². The zero-order valence-electron chi connectivity index (χ0n) is 15.7. The highest BCUT2D eigenvalue weighted by atomic mass is 19.4. The average molecular weight is 412 g/mol. The Morgan fingerprint density at radius 3 is 2.07 bits per heavy atom. The first-order valence-corrected chi connectivity index (χ1v) is 8.29. The molecule has 0 spiro atoms. The fourth-order valence-electron chi connectivity index (χ4n) is 2.24. The van der Waals surface area contributed by atoms with Gasteiger partial charge in [0.2, 0.25) is 5.91 Å². The monoisotopic (exact) mass is 412 g/mol. The minimum absolute atomic E-state index is 0.191. The van der Waals surface area contributed by atoms with Gasteiger partial charge in [-0.25, -0.2) is 4.99 Å². The number of halogens is 6. The third-order valence-electron chi connectivity index (χ3n) is 3.60. The van der Waals surface area contributed by atoms with E-state index in [1.165, 1.54) is 12.1 Å². The van der Waals surface area contributed by atoms with E-state index < -0.39 is 36.9 Å². The Balaban J connectivity index is 2.78. The van der Waals surface area contributed by atoms with Crippen molar-refractivity contribution in [2.24, 2.45) is 4.99 Å². The van der Waals surface area contributed by atoms with Crippen molar-refractivity contribution >= 4 is 11.9 Å². The lowest BCUT2D eigenvalue weighted by Crippen LogP contribution is -2.41. The highest BCUT2D eigenvalue weighted by Crippen LogP contribution is 2.29. The van der Waals surface area contributed by atoms with Gasteiger partial charge < -0.3 is 15.1 Å². The Kier molecular flexibility index (Phi) is 8.13. The van der Waals surface area contributed by atoms with Crippen LogP contribution in [0.25, 0.3) is 0 Å². The van der Waals surface area contributed by atoms with Crippen molar-refractivity contribution in [3.63, 3.8) is 0 Å². The van der Waals surface area contributed by atoms with E-state index in [4.69, 9.17) is 0 Å². The van der Waals surface area contributed by atoms with Gasteiger partial charge in [0.05, 0.1) is 5.56 Å². The van der Waals surface area contributed by atoms with Gasteiger partial charge in [0, 0.05) is 27.2 Å². The molecule has 5 nitrogen and oxygen atoms in total. The summed E-state index contributed by atoms with van der Waals surface area (Å²) < 4.78 is 74.8. The maximum Gasteiger partial charge on any atom is 0.416 e. The SMILES string of the molecule is CCNC(=NCC(=O)N(C)CC(F)(F)F)N(C)Cc1ccc(C(F)(F)F)cc1. The molecule has 0 fully saturated rings. The fraction of sp³-hybridized carbons (Fsp3) is 0.529. The number of guanidine groups is 1. The van der Waals surface area contributed by atoms with Gasteiger partial charge in [-0.15, -0.1) is 0 Å². The number of carbonyl (C=O) groups is 1. The van der Waals surface area contributed by atoms with Crippen LogP contribution in [-0.4, -0.2) is 61.6 Å². The van der Waals surface area contributed by atoms with Crippen LogP contribution in [0.4, 0.5) is 26.3 Å². The fourth-order valence-corrected chi connectivity index (χ4v) is 2.24. The molecule has 0 aromatic heterocycles. The second kappa shape index (κ2) is 9.65. The predicted octanol–water partition coefficient (Wildman–Crippen LogP) is 3.12. The van der Waals surface area contributed by atoms with Crippen LogP contribution in [0.15, 0.2) is 29.3 Å². The van der Waals surface area contributed by atoms with Crippen LogP contribution in [-0.2, 0) is 17.5 Å². The lowest BCUT2D eigenvalue weighted by molar-refractivity contribution is -0.157. The van der Waals surface area contributed by atoms with Gasteiger partial charge in [-0.3, -0.25) is 4.79 Å². The molecule has 0 bridgehead atoms. The molecule has 11 heteroatoms. The molecule has 0 atom stereocenters. The van der Waals surface area contributed by atoms with E-state index in [1.54, 1.807) is 18.9 Å². The zero-order chi connectivity index (χ0) is 21.5. The Bertz CT molecular complexity index is 670. The first kappa shape index (κ1) is 23.6. The van der Waals surface area contributed by atoms with E-state index in [9.17, 15) is 31.1 Å². The number of nitrogens with one attached hydrogen (secondary N) is 1.